The summed E-state index contributed by atoms with van der Waals surface area (Å²) in [5.74, 6) is 0.711. The number of nitrogens with one attached hydrogen (secondary N) is 2. The van der Waals surface area contributed by atoms with Crippen LogP contribution < -0.4 is 5.32 Å². The Morgan fingerprint density at radius 3 is 2.87 bits per heavy atom. The number of H-pyrrole nitrogens is 1. The van der Waals surface area contributed by atoms with Crippen molar-refractivity contribution in [2.75, 3.05) is 6.54 Å². The molecule has 82 valence electrons. The topological polar surface area (TPSA) is 44.9 Å². The summed E-state index contributed by atoms with van der Waals surface area (Å²) in [6.45, 7) is 0.831. The lowest BCUT2D eigenvalue weighted by Gasteiger charge is -2.21. The van der Waals surface area contributed by atoms with Gasteiger partial charge in [-0.3, -0.25) is 4.79 Å². The summed E-state index contributed by atoms with van der Waals surface area (Å²) in [7, 11) is 0. The van der Waals surface area contributed by atoms with Gasteiger partial charge < -0.3 is 10.3 Å². The van der Waals surface area contributed by atoms with Gasteiger partial charge in [-0.2, -0.15) is 0 Å². The molecule has 0 spiro atoms. The predicted molar refractivity (Wildman–Crippen MR) is 59.7 cm³/mol. The van der Waals surface area contributed by atoms with Crippen molar-refractivity contribution in [3.8, 4) is 0 Å². The van der Waals surface area contributed by atoms with Gasteiger partial charge in [0.25, 0.3) is 5.91 Å². The first-order valence-electron chi connectivity index (χ1n) is 5.78. The molecule has 0 atom stereocenters. The average molecular weight is 206 g/mol. The largest absolute Gasteiger partial charge is 0.357 e. The molecule has 1 aromatic heterocycles. The third kappa shape index (κ3) is 2.85. The molecule has 3 nitrogen and oxygen atoms in total. The summed E-state index contributed by atoms with van der Waals surface area (Å²) in [6, 6.07) is 3.64. The van der Waals surface area contributed by atoms with Gasteiger partial charge >= 0.3 is 0 Å². The molecule has 15 heavy (non-hydrogen) atoms. The van der Waals surface area contributed by atoms with E-state index in [1.807, 2.05) is 6.07 Å². The van der Waals surface area contributed by atoms with E-state index in [9.17, 15) is 4.79 Å². The Hall–Kier alpha value is -1.25. The fourth-order valence-electron chi connectivity index (χ4n) is 2.20. The highest BCUT2D eigenvalue weighted by atomic mass is 16.1. The van der Waals surface area contributed by atoms with E-state index in [2.05, 4.69) is 10.3 Å². The summed E-state index contributed by atoms with van der Waals surface area (Å²) in [5, 5.41) is 2.98. The number of aromatic nitrogens is 1. The van der Waals surface area contributed by atoms with Crippen molar-refractivity contribution in [3.63, 3.8) is 0 Å². The Bertz CT molecular complexity index is 299. The summed E-state index contributed by atoms with van der Waals surface area (Å²) in [5.41, 5.74) is 0.658. The molecule has 0 aromatic carbocycles. The Morgan fingerprint density at radius 1 is 1.40 bits per heavy atom. The van der Waals surface area contributed by atoms with Crippen LogP contribution in [0.5, 0.6) is 0 Å². The third-order valence-corrected chi connectivity index (χ3v) is 3.12. The van der Waals surface area contributed by atoms with E-state index in [1.165, 1.54) is 32.1 Å². The number of hydrogen-bond donors (Lipinski definition) is 2. The maximum Gasteiger partial charge on any atom is 0.267 e. The quantitative estimate of drug-likeness (QED) is 0.783. The summed E-state index contributed by atoms with van der Waals surface area (Å²) < 4.78 is 0. The number of hydrogen-bond acceptors (Lipinski definition) is 1. The maximum atomic E-state index is 11.6. The van der Waals surface area contributed by atoms with Crippen molar-refractivity contribution >= 4 is 5.91 Å². The molecule has 1 heterocycles. The third-order valence-electron chi connectivity index (χ3n) is 3.12. The zero-order chi connectivity index (χ0) is 10.5. The van der Waals surface area contributed by atoms with Crippen LogP contribution in [0.15, 0.2) is 18.3 Å². The van der Waals surface area contributed by atoms with Gasteiger partial charge in [0.1, 0.15) is 5.69 Å². The molecule has 1 aromatic rings. The zero-order valence-electron chi connectivity index (χ0n) is 8.96. The minimum Gasteiger partial charge on any atom is -0.357 e. The Kier molecular flexibility index (Phi) is 3.43. The second kappa shape index (κ2) is 5.01. The highest BCUT2D eigenvalue weighted by molar-refractivity contribution is 5.92. The lowest BCUT2D eigenvalue weighted by molar-refractivity contribution is 0.0939. The van der Waals surface area contributed by atoms with E-state index in [4.69, 9.17) is 0 Å². The number of rotatable bonds is 3. The van der Waals surface area contributed by atoms with Crippen LogP contribution in [0, 0.1) is 5.92 Å². The van der Waals surface area contributed by atoms with Crippen molar-refractivity contribution in [1.82, 2.24) is 10.3 Å². The van der Waals surface area contributed by atoms with Crippen LogP contribution in [0.25, 0.3) is 0 Å². The summed E-state index contributed by atoms with van der Waals surface area (Å²) in [4.78, 5) is 14.5. The standard InChI is InChI=1S/C12H18N2O/c15-12(11-7-4-8-13-11)14-9-10-5-2-1-3-6-10/h4,7-8,10,13H,1-3,5-6,9H2,(H,14,15). The summed E-state index contributed by atoms with van der Waals surface area (Å²) in [6.07, 6.45) is 8.32. The van der Waals surface area contributed by atoms with E-state index < -0.39 is 0 Å². The molecule has 1 aliphatic carbocycles. The van der Waals surface area contributed by atoms with E-state index in [1.54, 1.807) is 12.3 Å². The van der Waals surface area contributed by atoms with Crippen molar-refractivity contribution < 1.29 is 4.79 Å². The zero-order valence-corrected chi connectivity index (χ0v) is 8.96. The van der Waals surface area contributed by atoms with Crippen molar-refractivity contribution in [2.45, 2.75) is 32.1 Å². The molecule has 2 N–H and O–H groups in total. The van der Waals surface area contributed by atoms with Crippen LogP contribution >= 0.6 is 0 Å². The fourth-order valence-corrected chi connectivity index (χ4v) is 2.20. The van der Waals surface area contributed by atoms with E-state index >= 15 is 0 Å². The lowest BCUT2D eigenvalue weighted by atomic mass is 9.89. The number of amides is 1. The average Bonchev–Trinajstić information content (AvgIpc) is 2.81. The maximum absolute atomic E-state index is 11.6. The Morgan fingerprint density at radius 2 is 2.20 bits per heavy atom. The molecule has 0 bridgehead atoms. The second-order valence-corrected chi connectivity index (χ2v) is 4.30. The van der Waals surface area contributed by atoms with Crippen LogP contribution in [0.2, 0.25) is 0 Å². The second-order valence-electron chi connectivity index (χ2n) is 4.30. The molecular formula is C12H18N2O. The van der Waals surface area contributed by atoms with E-state index in [-0.39, 0.29) is 5.91 Å². The predicted octanol–water partition coefficient (Wildman–Crippen LogP) is 2.32. The normalized spacial score (nSPS) is 17.6. The highest BCUT2D eigenvalue weighted by Gasteiger charge is 2.14. The van der Waals surface area contributed by atoms with Crippen LogP contribution in [0.1, 0.15) is 42.6 Å². The van der Waals surface area contributed by atoms with Gasteiger partial charge in [-0.05, 0) is 30.9 Å². The molecule has 1 amide bonds. The van der Waals surface area contributed by atoms with Gasteiger partial charge in [0, 0.05) is 12.7 Å². The van der Waals surface area contributed by atoms with Crippen LogP contribution in [-0.4, -0.2) is 17.4 Å². The van der Waals surface area contributed by atoms with Crippen molar-refractivity contribution in [2.24, 2.45) is 5.92 Å². The SMILES string of the molecule is O=C(NCC1CCCCC1)c1ccc[nH]1. The lowest BCUT2D eigenvalue weighted by Crippen LogP contribution is -2.30. The Labute approximate surface area is 90.3 Å². The minimum absolute atomic E-state index is 0.0190. The van der Waals surface area contributed by atoms with Gasteiger partial charge in [-0.1, -0.05) is 19.3 Å². The first kappa shape index (κ1) is 10.3. The van der Waals surface area contributed by atoms with Crippen LogP contribution in [0.4, 0.5) is 0 Å². The molecule has 1 fully saturated rings. The van der Waals surface area contributed by atoms with Crippen LogP contribution in [-0.2, 0) is 0 Å². The van der Waals surface area contributed by atoms with Gasteiger partial charge in [0.15, 0.2) is 0 Å². The van der Waals surface area contributed by atoms with E-state index in [0.29, 0.717) is 11.6 Å². The van der Waals surface area contributed by atoms with Gasteiger partial charge in [-0.15, -0.1) is 0 Å². The molecule has 0 aliphatic heterocycles. The van der Waals surface area contributed by atoms with Crippen molar-refractivity contribution in [1.29, 1.82) is 0 Å². The fraction of sp³-hybridized carbons (Fsp3) is 0.583. The molecule has 2 rings (SSSR count). The van der Waals surface area contributed by atoms with E-state index in [0.717, 1.165) is 6.54 Å². The molecule has 0 unspecified atom stereocenters. The molecule has 1 aliphatic rings. The number of aromatic amines is 1. The number of carbonyl (C=O) groups excluding carboxylic acids is 1. The first-order valence-corrected chi connectivity index (χ1v) is 5.78. The summed E-state index contributed by atoms with van der Waals surface area (Å²) >= 11 is 0. The van der Waals surface area contributed by atoms with Gasteiger partial charge in [0.2, 0.25) is 0 Å². The first-order chi connectivity index (χ1) is 7.36. The molecule has 3 heteroatoms. The molecule has 0 radical (unpaired) electrons. The van der Waals surface area contributed by atoms with Gasteiger partial charge in [0.05, 0.1) is 0 Å². The molecule has 1 saturated carbocycles. The smallest absolute Gasteiger partial charge is 0.267 e. The molecule has 0 saturated heterocycles. The molecular weight excluding hydrogens is 188 g/mol. The monoisotopic (exact) mass is 206 g/mol. The minimum atomic E-state index is 0.0190. The van der Waals surface area contributed by atoms with Crippen LogP contribution in [0.3, 0.4) is 0 Å². The van der Waals surface area contributed by atoms with Crippen molar-refractivity contribution in [3.05, 3.63) is 24.0 Å². The Balaban J connectivity index is 1.75. The highest BCUT2D eigenvalue weighted by Crippen LogP contribution is 2.22. The van der Waals surface area contributed by atoms with Gasteiger partial charge in [-0.25, -0.2) is 0 Å². The number of carbonyl (C=O) groups is 1.